The zero-order valence-electron chi connectivity index (χ0n) is 11.0. The summed E-state index contributed by atoms with van der Waals surface area (Å²) in [7, 11) is -2.24. The number of nitriles is 1. The zero-order valence-corrected chi connectivity index (χ0v) is 12.5. The summed E-state index contributed by atoms with van der Waals surface area (Å²) in [5.41, 5.74) is 0.431. The van der Waals surface area contributed by atoms with E-state index in [4.69, 9.17) is 16.9 Å². The summed E-state index contributed by atoms with van der Waals surface area (Å²) in [5, 5.41) is 11.9. The van der Waals surface area contributed by atoms with E-state index in [1.807, 2.05) is 6.07 Å². The van der Waals surface area contributed by atoms with E-state index in [1.54, 1.807) is 19.2 Å². The minimum Gasteiger partial charge on any atom is -0.372 e. The van der Waals surface area contributed by atoms with Crippen molar-refractivity contribution in [3.05, 3.63) is 47.1 Å². The maximum absolute atomic E-state index is 12.3. The zero-order chi connectivity index (χ0) is 15.5. The molecule has 0 aliphatic carbocycles. The average molecular weight is 323 g/mol. The summed E-state index contributed by atoms with van der Waals surface area (Å²) in [5.74, 6) is 0.382. The van der Waals surface area contributed by atoms with Crippen LogP contribution in [0.5, 0.6) is 0 Å². The molecule has 108 valence electrons. The Bertz CT molecular complexity index is 815. The van der Waals surface area contributed by atoms with Crippen LogP contribution in [-0.2, 0) is 10.0 Å². The Morgan fingerprint density at radius 1 is 1.33 bits per heavy atom. The van der Waals surface area contributed by atoms with Crippen LogP contribution in [0, 0.1) is 11.3 Å². The first kappa shape index (κ1) is 15.1. The highest BCUT2D eigenvalue weighted by molar-refractivity contribution is 7.92. The van der Waals surface area contributed by atoms with E-state index in [9.17, 15) is 8.42 Å². The lowest BCUT2D eigenvalue weighted by Crippen LogP contribution is -2.14. The Balaban J connectivity index is 2.39. The fourth-order valence-electron chi connectivity index (χ4n) is 1.62. The second-order valence-corrected chi connectivity index (χ2v) is 6.10. The molecule has 2 rings (SSSR count). The number of nitrogens with one attached hydrogen (secondary N) is 2. The first-order valence-electron chi connectivity index (χ1n) is 5.83. The molecule has 0 saturated heterocycles. The average Bonchev–Trinajstić information content (AvgIpc) is 2.47. The van der Waals surface area contributed by atoms with E-state index in [0.717, 1.165) is 0 Å². The lowest BCUT2D eigenvalue weighted by Gasteiger charge is -2.10. The van der Waals surface area contributed by atoms with E-state index in [2.05, 4.69) is 15.0 Å². The van der Waals surface area contributed by atoms with E-state index in [1.165, 1.54) is 24.4 Å². The maximum Gasteiger partial charge on any atom is 0.263 e. The molecule has 0 bridgehead atoms. The van der Waals surface area contributed by atoms with E-state index in [-0.39, 0.29) is 21.2 Å². The molecule has 1 heterocycles. The number of rotatable bonds is 4. The number of para-hydroxylation sites is 1. The molecule has 2 aromatic rings. The second kappa shape index (κ2) is 5.99. The predicted molar refractivity (Wildman–Crippen MR) is 80.8 cm³/mol. The summed E-state index contributed by atoms with van der Waals surface area (Å²) < 4.78 is 26.9. The SMILES string of the molecule is CNc1ncc(S(=O)(=O)Nc2ccccc2C#N)cc1Cl. The number of benzene rings is 1. The van der Waals surface area contributed by atoms with Gasteiger partial charge in [0.1, 0.15) is 16.8 Å². The van der Waals surface area contributed by atoms with Gasteiger partial charge in [0.05, 0.1) is 16.3 Å². The Hall–Kier alpha value is -2.30. The van der Waals surface area contributed by atoms with Crippen LogP contribution in [0.3, 0.4) is 0 Å². The van der Waals surface area contributed by atoms with Crippen molar-refractivity contribution in [2.45, 2.75) is 4.90 Å². The molecular weight excluding hydrogens is 312 g/mol. The quantitative estimate of drug-likeness (QED) is 0.901. The molecule has 0 amide bonds. The molecule has 8 heteroatoms. The number of nitrogens with zero attached hydrogens (tertiary/aromatic N) is 2. The van der Waals surface area contributed by atoms with Crippen LogP contribution in [0.15, 0.2) is 41.4 Å². The van der Waals surface area contributed by atoms with Crippen LogP contribution < -0.4 is 10.0 Å². The van der Waals surface area contributed by atoms with Crippen molar-refractivity contribution < 1.29 is 8.42 Å². The molecular formula is C13H11ClN4O2S. The Kier molecular flexibility index (Phi) is 4.31. The van der Waals surface area contributed by atoms with Gasteiger partial charge in [-0.1, -0.05) is 23.7 Å². The van der Waals surface area contributed by atoms with Gasteiger partial charge >= 0.3 is 0 Å². The van der Waals surface area contributed by atoms with Crippen molar-refractivity contribution in [3.63, 3.8) is 0 Å². The Morgan fingerprint density at radius 2 is 2.05 bits per heavy atom. The Labute approximate surface area is 127 Å². The predicted octanol–water partition coefficient (Wildman–Crippen LogP) is 2.45. The van der Waals surface area contributed by atoms with E-state index >= 15 is 0 Å². The molecule has 0 spiro atoms. The highest BCUT2D eigenvalue weighted by atomic mass is 35.5. The summed E-state index contributed by atoms with van der Waals surface area (Å²) in [6.45, 7) is 0. The van der Waals surface area contributed by atoms with Gasteiger partial charge in [0.15, 0.2) is 0 Å². The molecule has 0 saturated carbocycles. The molecule has 1 aromatic carbocycles. The molecule has 2 N–H and O–H groups in total. The number of aromatic nitrogens is 1. The van der Waals surface area contributed by atoms with Gasteiger partial charge in [-0.15, -0.1) is 0 Å². The minimum absolute atomic E-state index is 0.0840. The number of sulfonamides is 1. The van der Waals surface area contributed by atoms with Crippen molar-refractivity contribution in [3.8, 4) is 6.07 Å². The maximum atomic E-state index is 12.3. The van der Waals surface area contributed by atoms with Gasteiger partial charge in [-0.3, -0.25) is 4.72 Å². The molecule has 0 aliphatic heterocycles. The van der Waals surface area contributed by atoms with Gasteiger partial charge in [-0.2, -0.15) is 5.26 Å². The van der Waals surface area contributed by atoms with Gasteiger partial charge < -0.3 is 5.32 Å². The van der Waals surface area contributed by atoms with Crippen LogP contribution in [0.4, 0.5) is 11.5 Å². The van der Waals surface area contributed by atoms with Gasteiger partial charge in [-0.25, -0.2) is 13.4 Å². The van der Waals surface area contributed by atoms with Gasteiger partial charge in [0.2, 0.25) is 0 Å². The van der Waals surface area contributed by atoms with Crippen LogP contribution >= 0.6 is 11.6 Å². The third kappa shape index (κ3) is 3.24. The largest absolute Gasteiger partial charge is 0.372 e. The summed E-state index contributed by atoms with van der Waals surface area (Å²) in [4.78, 5) is 3.84. The molecule has 0 atom stereocenters. The molecule has 21 heavy (non-hydrogen) atoms. The highest BCUT2D eigenvalue weighted by Crippen LogP contribution is 2.24. The Morgan fingerprint density at radius 3 is 2.67 bits per heavy atom. The summed E-state index contributed by atoms with van der Waals surface area (Å²) >= 11 is 5.93. The fourth-order valence-corrected chi connectivity index (χ4v) is 3.00. The summed E-state index contributed by atoms with van der Waals surface area (Å²) in [6.07, 6.45) is 1.19. The normalized spacial score (nSPS) is 10.7. The molecule has 1 aromatic heterocycles. The molecule has 6 nitrogen and oxygen atoms in total. The first-order chi connectivity index (χ1) is 9.97. The standard InChI is InChI=1S/C13H11ClN4O2S/c1-16-13-11(14)6-10(8-17-13)21(19,20)18-12-5-3-2-4-9(12)7-15/h2-6,8,18H,1H3,(H,16,17). The highest BCUT2D eigenvalue weighted by Gasteiger charge is 2.18. The van der Waals surface area contributed by atoms with Crippen LogP contribution in [0.2, 0.25) is 5.02 Å². The second-order valence-electron chi connectivity index (χ2n) is 4.01. The number of halogens is 1. The van der Waals surface area contributed by atoms with Gasteiger partial charge in [0, 0.05) is 13.2 Å². The third-order valence-electron chi connectivity index (χ3n) is 2.66. The number of hydrogen-bond acceptors (Lipinski definition) is 5. The monoisotopic (exact) mass is 322 g/mol. The lowest BCUT2D eigenvalue weighted by atomic mass is 10.2. The smallest absolute Gasteiger partial charge is 0.263 e. The fraction of sp³-hybridized carbons (Fsp3) is 0.0769. The lowest BCUT2D eigenvalue weighted by molar-refractivity contribution is 0.601. The van der Waals surface area contributed by atoms with E-state index in [0.29, 0.717) is 5.82 Å². The van der Waals surface area contributed by atoms with Crippen molar-refractivity contribution in [2.24, 2.45) is 0 Å². The topological polar surface area (TPSA) is 94.9 Å². The molecule has 0 aliphatic rings. The third-order valence-corrected chi connectivity index (χ3v) is 4.28. The van der Waals surface area contributed by atoms with Crippen molar-refractivity contribution >= 4 is 33.1 Å². The first-order valence-corrected chi connectivity index (χ1v) is 7.69. The number of anilines is 2. The van der Waals surface area contributed by atoms with Gasteiger partial charge in [0.25, 0.3) is 10.0 Å². The van der Waals surface area contributed by atoms with E-state index < -0.39 is 10.0 Å². The van der Waals surface area contributed by atoms with Crippen molar-refractivity contribution in [1.29, 1.82) is 5.26 Å². The van der Waals surface area contributed by atoms with Crippen LogP contribution in [-0.4, -0.2) is 20.4 Å². The molecule has 0 radical (unpaired) electrons. The molecule has 0 unspecified atom stereocenters. The van der Waals surface area contributed by atoms with Crippen LogP contribution in [0.25, 0.3) is 0 Å². The van der Waals surface area contributed by atoms with Crippen LogP contribution in [0.1, 0.15) is 5.56 Å². The minimum atomic E-state index is -3.87. The number of pyridine rings is 1. The van der Waals surface area contributed by atoms with Crippen molar-refractivity contribution in [2.75, 3.05) is 17.1 Å². The van der Waals surface area contributed by atoms with Gasteiger partial charge in [-0.05, 0) is 18.2 Å². The number of hydrogen-bond donors (Lipinski definition) is 2. The van der Waals surface area contributed by atoms with Crippen molar-refractivity contribution in [1.82, 2.24) is 4.98 Å². The molecule has 0 fully saturated rings. The summed E-state index contributed by atoms with van der Waals surface area (Å²) in [6, 6.07) is 9.52.